The quantitative estimate of drug-likeness (QED) is 0.671. The van der Waals surface area contributed by atoms with Crippen molar-refractivity contribution in [3.8, 4) is 0 Å². The molecule has 1 aliphatic heterocycles. The van der Waals surface area contributed by atoms with Crippen molar-refractivity contribution in [1.29, 1.82) is 0 Å². The molecule has 0 aliphatic carbocycles. The standard InChI is InChI=1S/C10H18N2O/c1-3-12(6-7-13)10-5-4-9(2)8-11-10/h4-5,11,13H,3,6-8H2,1-2H3. The van der Waals surface area contributed by atoms with Gasteiger partial charge in [-0.05, 0) is 19.9 Å². The van der Waals surface area contributed by atoms with E-state index in [2.05, 4.69) is 36.2 Å². The fourth-order valence-electron chi connectivity index (χ4n) is 1.36. The van der Waals surface area contributed by atoms with Crippen molar-refractivity contribution in [2.24, 2.45) is 0 Å². The molecule has 13 heavy (non-hydrogen) atoms. The van der Waals surface area contributed by atoms with Crippen LogP contribution >= 0.6 is 0 Å². The van der Waals surface area contributed by atoms with E-state index in [9.17, 15) is 0 Å². The molecule has 0 amide bonds. The number of aliphatic hydroxyl groups excluding tert-OH is 1. The van der Waals surface area contributed by atoms with Gasteiger partial charge in [0.15, 0.2) is 0 Å². The van der Waals surface area contributed by atoms with E-state index in [1.54, 1.807) is 0 Å². The second-order valence-corrected chi connectivity index (χ2v) is 3.22. The van der Waals surface area contributed by atoms with Gasteiger partial charge in [-0.15, -0.1) is 0 Å². The van der Waals surface area contributed by atoms with Gasteiger partial charge in [0.1, 0.15) is 5.82 Å². The number of allylic oxidation sites excluding steroid dienone is 2. The summed E-state index contributed by atoms with van der Waals surface area (Å²) in [5, 5.41) is 12.2. The predicted molar refractivity (Wildman–Crippen MR) is 54.2 cm³/mol. The third kappa shape index (κ3) is 2.77. The Hall–Kier alpha value is -0.960. The van der Waals surface area contributed by atoms with Gasteiger partial charge in [0.05, 0.1) is 6.61 Å². The monoisotopic (exact) mass is 182 g/mol. The molecule has 0 atom stereocenters. The Morgan fingerprint density at radius 1 is 1.54 bits per heavy atom. The number of hydrogen-bond acceptors (Lipinski definition) is 3. The van der Waals surface area contributed by atoms with Gasteiger partial charge in [-0.3, -0.25) is 0 Å². The molecule has 0 aromatic heterocycles. The van der Waals surface area contributed by atoms with Gasteiger partial charge >= 0.3 is 0 Å². The Labute approximate surface area is 79.7 Å². The Balaban J connectivity index is 2.59. The third-order valence-electron chi connectivity index (χ3n) is 2.17. The molecular weight excluding hydrogens is 164 g/mol. The number of hydrogen-bond donors (Lipinski definition) is 2. The van der Waals surface area contributed by atoms with Gasteiger partial charge in [0.25, 0.3) is 0 Å². The van der Waals surface area contributed by atoms with Gasteiger partial charge in [-0.1, -0.05) is 11.6 Å². The van der Waals surface area contributed by atoms with Crippen LogP contribution in [0.1, 0.15) is 13.8 Å². The molecule has 0 fully saturated rings. The van der Waals surface area contributed by atoms with Crippen molar-refractivity contribution in [2.45, 2.75) is 13.8 Å². The molecule has 0 saturated carbocycles. The molecule has 0 aromatic carbocycles. The van der Waals surface area contributed by atoms with Crippen molar-refractivity contribution >= 4 is 0 Å². The van der Waals surface area contributed by atoms with Crippen LogP contribution < -0.4 is 5.32 Å². The second-order valence-electron chi connectivity index (χ2n) is 3.22. The molecule has 1 aliphatic rings. The molecule has 0 saturated heterocycles. The highest BCUT2D eigenvalue weighted by molar-refractivity contribution is 5.21. The van der Waals surface area contributed by atoms with Crippen LogP contribution in [0.2, 0.25) is 0 Å². The molecule has 0 aromatic rings. The smallest absolute Gasteiger partial charge is 0.102 e. The van der Waals surface area contributed by atoms with Crippen molar-refractivity contribution < 1.29 is 5.11 Å². The topological polar surface area (TPSA) is 35.5 Å². The van der Waals surface area contributed by atoms with E-state index in [-0.39, 0.29) is 6.61 Å². The van der Waals surface area contributed by atoms with Crippen LogP contribution in [-0.4, -0.2) is 36.2 Å². The van der Waals surface area contributed by atoms with Crippen molar-refractivity contribution in [2.75, 3.05) is 26.2 Å². The lowest BCUT2D eigenvalue weighted by molar-refractivity contribution is 0.224. The molecular formula is C10H18N2O. The molecule has 3 nitrogen and oxygen atoms in total. The van der Waals surface area contributed by atoms with E-state index < -0.39 is 0 Å². The van der Waals surface area contributed by atoms with E-state index in [0.717, 1.165) is 18.9 Å². The minimum Gasteiger partial charge on any atom is -0.395 e. The van der Waals surface area contributed by atoms with Crippen LogP contribution in [-0.2, 0) is 0 Å². The van der Waals surface area contributed by atoms with Crippen LogP contribution in [0.15, 0.2) is 23.5 Å². The van der Waals surface area contributed by atoms with Crippen LogP contribution in [0.25, 0.3) is 0 Å². The Morgan fingerprint density at radius 2 is 2.31 bits per heavy atom. The first-order valence-electron chi connectivity index (χ1n) is 4.75. The second kappa shape index (κ2) is 4.92. The van der Waals surface area contributed by atoms with Gasteiger partial charge in [-0.2, -0.15) is 0 Å². The molecule has 1 heterocycles. The van der Waals surface area contributed by atoms with Gasteiger partial charge in [0.2, 0.25) is 0 Å². The normalized spacial score (nSPS) is 15.9. The fourth-order valence-corrected chi connectivity index (χ4v) is 1.36. The number of aliphatic hydroxyl groups is 1. The summed E-state index contributed by atoms with van der Waals surface area (Å²) in [6.07, 6.45) is 4.18. The molecule has 3 heteroatoms. The van der Waals surface area contributed by atoms with Gasteiger partial charge in [0, 0.05) is 19.6 Å². The fraction of sp³-hybridized carbons (Fsp3) is 0.600. The molecule has 2 N–H and O–H groups in total. The van der Waals surface area contributed by atoms with Gasteiger partial charge < -0.3 is 15.3 Å². The molecule has 0 radical (unpaired) electrons. The minimum atomic E-state index is 0.204. The lowest BCUT2D eigenvalue weighted by atomic mass is 10.2. The summed E-state index contributed by atoms with van der Waals surface area (Å²) in [6.45, 7) is 6.92. The Kier molecular flexibility index (Phi) is 3.83. The SMILES string of the molecule is CCN(CCO)C1=CC=C(C)CN1. The molecule has 0 spiro atoms. The maximum atomic E-state index is 8.84. The summed E-state index contributed by atoms with van der Waals surface area (Å²) in [7, 11) is 0. The zero-order chi connectivity index (χ0) is 9.68. The van der Waals surface area contributed by atoms with E-state index in [1.165, 1.54) is 5.57 Å². The van der Waals surface area contributed by atoms with E-state index in [4.69, 9.17) is 5.11 Å². The highest BCUT2D eigenvalue weighted by atomic mass is 16.3. The van der Waals surface area contributed by atoms with Crippen molar-refractivity contribution in [3.05, 3.63) is 23.5 Å². The number of rotatable bonds is 4. The number of likely N-dealkylation sites (N-methyl/N-ethyl adjacent to an activating group) is 1. The van der Waals surface area contributed by atoms with Crippen LogP contribution in [0.3, 0.4) is 0 Å². The number of nitrogens with one attached hydrogen (secondary N) is 1. The Morgan fingerprint density at radius 3 is 2.77 bits per heavy atom. The van der Waals surface area contributed by atoms with Crippen molar-refractivity contribution in [1.82, 2.24) is 10.2 Å². The highest BCUT2D eigenvalue weighted by Crippen LogP contribution is 2.07. The van der Waals surface area contributed by atoms with Gasteiger partial charge in [-0.25, -0.2) is 0 Å². The summed E-state index contributed by atoms with van der Waals surface area (Å²) < 4.78 is 0. The lowest BCUT2D eigenvalue weighted by Gasteiger charge is -2.27. The molecule has 0 unspecified atom stereocenters. The predicted octanol–water partition coefficient (Wildman–Crippen LogP) is 0.692. The summed E-state index contributed by atoms with van der Waals surface area (Å²) in [6, 6.07) is 0. The largest absolute Gasteiger partial charge is 0.395 e. The summed E-state index contributed by atoms with van der Waals surface area (Å²) in [4.78, 5) is 2.13. The molecule has 74 valence electrons. The minimum absolute atomic E-state index is 0.204. The van der Waals surface area contributed by atoms with Crippen molar-refractivity contribution in [3.63, 3.8) is 0 Å². The summed E-state index contributed by atoms with van der Waals surface area (Å²) in [5.74, 6) is 1.11. The van der Waals surface area contributed by atoms with Crippen LogP contribution in [0.4, 0.5) is 0 Å². The Bertz CT molecular complexity index is 221. The zero-order valence-electron chi connectivity index (χ0n) is 8.38. The maximum absolute atomic E-state index is 8.84. The average Bonchev–Trinajstić information content (AvgIpc) is 2.16. The number of nitrogens with zero attached hydrogens (tertiary/aromatic N) is 1. The first-order valence-corrected chi connectivity index (χ1v) is 4.75. The van der Waals surface area contributed by atoms with E-state index >= 15 is 0 Å². The average molecular weight is 182 g/mol. The summed E-state index contributed by atoms with van der Waals surface area (Å²) in [5.41, 5.74) is 1.34. The maximum Gasteiger partial charge on any atom is 0.102 e. The lowest BCUT2D eigenvalue weighted by Crippen LogP contribution is -2.35. The van der Waals surface area contributed by atoms with E-state index in [1.807, 2.05) is 0 Å². The highest BCUT2D eigenvalue weighted by Gasteiger charge is 2.08. The first-order chi connectivity index (χ1) is 6.27. The number of dihydropyridines is 1. The van der Waals surface area contributed by atoms with E-state index in [0.29, 0.717) is 6.54 Å². The van der Waals surface area contributed by atoms with Crippen LogP contribution in [0, 0.1) is 0 Å². The first kappa shape index (κ1) is 10.1. The molecule has 1 rings (SSSR count). The zero-order valence-corrected chi connectivity index (χ0v) is 8.38. The molecule has 0 bridgehead atoms. The van der Waals surface area contributed by atoms with Crippen LogP contribution in [0.5, 0.6) is 0 Å². The third-order valence-corrected chi connectivity index (χ3v) is 2.17. The summed E-state index contributed by atoms with van der Waals surface area (Å²) >= 11 is 0.